The molecule has 0 atom stereocenters. The molecular weight excluding hydrogens is 148 g/mol. The monoisotopic (exact) mass is 168 g/mol. The van der Waals surface area contributed by atoms with E-state index in [0.29, 0.717) is 11.3 Å². The summed E-state index contributed by atoms with van der Waals surface area (Å²) < 4.78 is 0. The first-order valence-corrected chi connectivity index (χ1v) is 5.14. The molecule has 2 fully saturated rings. The maximum atomic E-state index is 10.1. The fourth-order valence-corrected chi connectivity index (χ4v) is 2.36. The Morgan fingerprint density at radius 2 is 1.67 bits per heavy atom. The molecule has 0 heterocycles. The van der Waals surface area contributed by atoms with Gasteiger partial charge in [0.2, 0.25) is 0 Å². The van der Waals surface area contributed by atoms with Crippen LogP contribution in [-0.4, -0.2) is 10.7 Å². The van der Waals surface area contributed by atoms with Crippen LogP contribution in [0.1, 0.15) is 46.5 Å². The highest BCUT2D eigenvalue weighted by Crippen LogP contribution is 2.56. The second-order valence-electron chi connectivity index (χ2n) is 5.85. The van der Waals surface area contributed by atoms with Crippen LogP contribution in [0, 0.1) is 17.3 Å². The Bertz CT molecular complexity index is 180. The van der Waals surface area contributed by atoms with E-state index in [4.69, 9.17) is 0 Å². The van der Waals surface area contributed by atoms with Gasteiger partial charge in [-0.25, -0.2) is 0 Å². The normalized spacial score (nSPS) is 42.5. The summed E-state index contributed by atoms with van der Waals surface area (Å²) in [6.45, 7) is 6.85. The molecule has 0 spiro atoms. The van der Waals surface area contributed by atoms with Crippen molar-refractivity contribution in [3.63, 3.8) is 0 Å². The molecular formula is C11H20O. The van der Waals surface area contributed by atoms with E-state index in [-0.39, 0.29) is 5.60 Å². The molecule has 2 aliphatic rings. The van der Waals surface area contributed by atoms with Crippen molar-refractivity contribution < 1.29 is 5.11 Å². The Labute approximate surface area is 75.2 Å². The lowest BCUT2D eigenvalue weighted by Crippen LogP contribution is -2.50. The molecule has 1 heteroatoms. The smallest absolute Gasteiger partial charge is 0.0681 e. The zero-order valence-corrected chi connectivity index (χ0v) is 8.43. The minimum absolute atomic E-state index is 0.238. The quantitative estimate of drug-likeness (QED) is 0.638. The molecule has 0 aromatic rings. The average molecular weight is 168 g/mol. The van der Waals surface area contributed by atoms with Gasteiger partial charge < -0.3 is 5.11 Å². The van der Waals surface area contributed by atoms with Gasteiger partial charge in [-0.2, -0.15) is 0 Å². The molecule has 0 radical (unpaired) electrons. The lowest BCUT2D eigenvalue weighted by atomic mass is 9.59. The summed E-state index contributed by atoms with van der Waals surface area (Å²) >= 11 is 0. The van der Waals surface area contributed by atoms with E-state index in [0.717, 1.165) is 18.8 Å². The summed E-state index contributed by atoms with van der Waals surface area (Å²) in [7, 11) is 0. The van der Waals surface area contributed by atoms with Gasteiger partial charge in [0.25, 0.3) is 0 Å². The Kier molecular flexibility index (Phi) is 1.61. The van der Waals surface area contributed by atoms with Gasteiger partial charge in [0.15, 0.2) is 0 Å². The first-order valence-electron chi connectivity index (χ1n) is 5.14. The summed E-state index contributed by atoms with van der Waals surface area (Å²) in [4.78, 5) is 0. The molecule has 0 aromatic carbocycles. The summed E-state index contributed by atoms with van der Waals surface area (Å²) in [5, 5.41) is 10.1. The van der Waals surface area contributed by atoms with Gasteiger partial charge in [-0.05, 0) is 42.9 Å². The highest BCUT2D eigenvalue weighted by Gasteiger charge is 2.54. The fourth-order valence-electron chi connectivity index (χ4n) is 2.36. The number of rotatable bonds is 1. The van der Waals surface area contributed by atoms with Crippen molar-refractivity contribution in [2.24, 2.45) is 17.3 Å². The van der Waals surface area contributed by atoms with E-state index in [1.165, 1.54) is 12.8 Å². The summed E-state index contributed by atoms with van der Waals surface area (Å²) in [6.07, 6.45) is 4.66. The maximum absolute atomic E-state index is 10.1. The molecule has 2 rings (SSSR count). The summed E-state index contributed by atoms with van der Waals surface area (Å²) in [5.74, 6) is 1.42. The van der Waals surface area contributed by atoms with Crippen molar-refractivity contribution in [1.82, 2.24) is 0 Å². The van der Waals surface area contributed by atoms with Crippen LogP contribution in [-0.2, 0) is 0 Å². The molecule has 0 aliphatic heterocycles. The SMILES string of the molecule is CC(C)(C)C1CC(O)(C2CC2)C1. The van der Waals surface area contributed by atoms with Crippen molar-refractivity contribution in [2.75, 3.05) is 0 Å². The number of hydrogen-bond donors (Lipinski definition) is 1. The first-order chi connectivity index (χ1) is 5.42. The van der Waals surface area contributed by atoms with E-state index < -0.39 is 0 Å². The third kappa shape index (κ3) is 1.28. The largest absolute Gasteiger partial charge is 0.390 e. The van der Waals surface area contributed by atoms with Gasteiger partial charge in [-0.3, -0.25) is 0 Å². The Morgan fingerprint density at radius 3 is 2.00 bits per heavy atom. The molecule has 0 aromatic heterocycles. The Balaban J connectivity index is 1.90. The fraction of sp³-hybridized carbons (Fsp3) is 1.00. The average Bonchev–Trinajstić information content (AvgIpc) is 2.58. The van der Waals surface area contributed by atoms with Crippen molar-refractivity contribution >= 4 is 0 Å². The standard InChI is InChI=1S/C11H20O/c1-10(2,3)9-6-11(12,7-9)8-4-5-8/h8-9,12H,4-7H2,1-3H3. The van der Waals surface area contributed by atoms with Crippen LogP contribution < -0.4 is 0 Å². The Hall–Kier alpha value is -0.0400. The molecule has 1 nitrogen and oxygen atoms in total. The number of aliphatic hydroxyl groups is 1. The van der Waals surface area contributed by atoms with Gasteiger partial charge in [-0.15, -0.1) is 0 Å². The van der Waals surface area contributed by atoms with Crippen LogP contribution in [0.3, 0.4) is 0 Å². The zero-order valence-electron chi connectivity index (χ0n) is 8.43. The minimum atomic E-state index is -0.238. The van der Waals surface area contributed by atoms with Crippen LogP contribution in [0.5, 0.6) is 0 Å². The highest BCUT2D eigenvalue weighted by molar-refractivity contribution is 5.06. The van der Waals surface area contributed by atoms with Crippen LogP contribution in [0.2, 0.25) is 0 Å². The van der Waals surface area contributed by atoms with Gasteiger partial charge in [-0.1, -0.05) is 20.8 Å². The van der Waals surface area contributed by atoms with E-state index in [1.54, 1.807) is 0 Å². The predicted octanol–water partition coefficient (Wildman–Crippen LogP) is 2.58. The van der Waals surface area contributed by atoms with Gasteiger partial charge in [0.1, 0.15) is 0 Å². The van der Waals surface area contributed by atoms with Crippen LogP contribution >= 0.6 is 0 Å². The molecule has 12 heavy (non-hydrogen) atoms. The molecule has 0 amide bonds. The molecule has 2 saturated carbocycles. The van der Waals surface area contributed by atoms with Gasteiger partial charge in [0.05, 0.1) is 5.60 Å². The van der Waals surface area contributed by atoms with Crippen molar-refractivity contribution in [3.05, 3.63) is 0 Å². The predicted molar refractivity (Wildman–Crippen MR) is 49.9 cm³/mol. The van der Waals surface area contributed by atoms with Crippen molar-refractivity contribution in [2.45, 2.75) is 52.1 Å². The van der Waals surface area contributed by atoms with Crippen LogP contribution in [0.25, 0.3) is 0 Å². The maximum Gasteiger partial charge on any atom is 0.0681 e. The van der Waals surface area contributed by atoms with E-state index in [9.17, 15) is 5.11 Å². The zero-order chi connectivity index (χ0) is 8.98. The van der Waals surface area contributed by atoms with Gasteiger partial charge in [0, 0.05) is 0 Å². The summed E-state index contributed by atoms with van der Waals surface area (Å²) in [6, 6.07) is 0. The lowest BCUT2D eigenvalue weighted by molar-refractivity contribution is -0.121. The third-order valence-electron chi connectivity index (χ3n) is 3.76. The molecule has 0 unspecified atom stereocenters. The topological polar surface area (TPSA) is 20.2 Å². The molecule has 70 valence electrons. The second-order valence-corrected chi connectivity index (χ2v) is 5.85. The number of hydrogen-bond acceptors (Lipinski definition) is 1. The van der Waals surface area contributed by atoms with Gasteiger partial charge >= 0.3 is 0 Å². The molecule has 0 saturated heterocycles. The Morgan fingerprint density at radius 1 is 1.17 bits per heavy atom. The second kappa shape index (κ2) is 2.25. The molecule has 1 N–H and O–H groups in total. The van der Waals surface area contributed by atoms with Crippen molar-refractivity contribution in [1.29, 1.82) is 0 Å². The van der Waals surface area contributed by atoms with E-state index in [1.807, 2.05) is 0 Å². The van der Waals surface area contributed by atoms with Crippen LogP contribution in [0.4, 0.5) is 0 Å². The first kappa shape index (κ1) is 8.55. The van der Waals surface area contributed by atoms with Crippen molar-refractivity contribution in [3.8, 4) is 0 Å². The lowest BCUT2D eigenvalue weighted by Gasteiger charge is -2.50. The molecule has 0 bridgehead atoms. The summed E-state index contributed by atoms with van der Waals surface area (Å²) in [5.41, 5.74) is 0.166. The highest BCUT2D eigenvalue weighted by atomic mass is 16.3. The van der Waals surface area contributed by atoms with Crippen LogP contribution in [0.15, 0.2) is 0 Å². The van der Waals surface area contributed by atoms with E-state index >= 15 is 0 Å². The third-order valence-corrected chi connectivity index (χ3v) is 3.76. The van der Waals surface area contributed by atoms with E-state index in [2.05, 4.69) is 20.8 Å². The minimum Gasteiger partial charge on any atom is -0.390 e. The molecule has 2 aliphatic carbocycles.